The number of hydrogen-bond acceptors (Lipinski definition) is 1. The van der Waals surface area contributed by atoms with Crippen molar-refractivity contribution in [3.8, 4) is 5.75 Å². The van der Waals surface area contributed by atoms with Gasteiger partial charge in [0.05, 0.1) is 5.56 Å². The Kier molecular flexibility index (Phi) is 4.70. The Hall–Kier alpha value is -0.990. The van der Waals surface area contributed by atoms with E-state index in [1.165, 1.54) is 0 Å². The van der Waals surface area contributed by atoms with E-state index in [1.807, 2.05) is 0 Å². The summed E-state index contributed by atoms with van der Waals surface area (Å²) < 4.78 is 90.8. The molecule has 108 valence electrons. The number of halogens is 8. The molecule has 1 nitrogen and oxygen atoms in total. The van der Waals surface area contributed by atoms with Gasteiger partial charge in [0.1, 0.15) is 23.0 Å². The van der Waals surface area contributed by atoms with E-state index in [0.717, 1.165) is 6.07 Å². The second-order valence-electron chi connectivity index (χ2n) is 3.46. The molecule has 0 saturated heterocycles. The Morgan fingerprint density at radius 1 is 1.11 bits per heavy atom. The Bertz CT molecular complexity index is 440. The zero-order valence-electron chi connectivity index (χ0n) is 8.95. The van der Waals surface area contributed by atoms with Gasteiger partial charge in [-0.2, -0.15) is 26.3 Å². The Labute approximate surface area is 111 Å². The smallest absolute Gasteiger partial charge is 0.419 e. The first kappa shape index (κ1) is 16.1. The highest BCUT2D eigenvalue weighted by Gasteiger charge is 2.38. The van der Waals surface area contributed by atoms with Crippen molar-refractivity contribution in [2.24, 2.45) is 0 Å². The van der Waals surface area contributed by atoms with Crippen LogP contribution >= 0.6 is 15.9 Å². The molecule has 0 bridgehead atoms. The van der Waals surface area contributed by atoms with Gasteiger partial charge in [-0.05, 0) is 18.2 Å². The Morgan fingerprint density at radius 2 is 1.68 bits per heavy atom. The van der Waals surface area contributed by atoms with Crippen LogP contribution in [-0.4, -0.2) is 17.6 Å². The molecule has 0 amide bonds. The zero-order chi connectivity index (χ0) is 14.8. The lowest BCUT2D eigenvalue weighted by molar-refractivity contribution is -0.140. The van der Waals surface area contributed by atoms with Gasteiger partial charge in [-0.3, -0.25) is 0 Å². The third-order valence-electron chi connectivity index (χ3n) is 1.99. The molecule has 1 unspecified atom stereocenters. The summed E-state index contributed by atoms with van der Waals surface area (Å²) in [7, 11) is 0. The van der Waals surface area contributed by atoms with Crippen LogP contribution in [0.15, 0.2) is 18.2 Å². The summed E-state index contributed by atoms with van der Waals surface area (Å²) >= 11 is 2.28. The molecule has 0 aromatic heterocycles. The highest BCUT2D eigenvalue weighted by Crippen LogP contribution is 2.34. The number of hydrogen-bond donors (Lipinski definition) is 0. The highest BCUT2D eigenvalue weighted by atomic mass is 79.9. The van der Waals surface area contributed by atoms with E-state index in [0.29, 0.717) is 12.1 Å². The predicted molar refractivity (Wildman–Crippen MR) is 55.7 cm³/mol. The molecule has 1 aromatic rings. The minimum absolute atomic E-state index is 0.311. The molecule has 0 radical (unpaired) electrons. The van der Waals surface area contributed by atoms with Crippen molar-refractivity contribution in [3.05, 3.63) is 29.6 Å². The first-order valence-corrected chi connectivity index (χ1v) is 5.63. The maximum Gasteiger partial charge on any atom is 0.419 e. The Balaban J connectivity index is 2.82. The number of benzene rings is 1. The van der Waals surface area contributed by atoms with E-state index >= 15 is 0 Å². The summed E-state index contributed by atoms with van der Waals surface area (Å²) in [6, 6.07) is 1.61. The summed E-state index contributed by atoms with van der Waals surface area (Å²) in [5.41, 5.74) is -1.59. The second-order valence-corrected chi connectivity index (χ2v) is 4.56. The molecule has 0 N–H and O–H groups in total. The van der Waals surface area contributed by atoms with Crippen molar-refractivity contribution in [1.82, 2.24) is 0 Å². The number of rotatable bonds is 3. The lowest BCUT2D eigenvalue weighted by atomic mass is 10.2. The zero-order valence-corrected chi connectivity index (χ0v) is 10.5. The molecule has 0 saturated carbocycles. The molecule has 0 heterocycles. The monoisotopic (exact) mass is 354 g/mol. The van der Waals surface area contributed by atoms with E-state index in [-0.39, 0.29) is 0 Å². The quantitative estimate of drug-likeness (QED) is 0.571. The van der Waals surface area contributed by atoms with Crippen molar-refractivity contribution < 1.29 is 35.5 Å². The van der Waals surface area contributed by atoms with Gasteiger partial charge in [0, 0.05) is 0 Å². The normalized spacial score (nSPS) is 14.3. The van der Waals surface area contributed by atoms with Gasteiger partial charge < -0.3 is 4.74 Å². The van der Waals surface area contributed by atoms with Crippen LogP contribution in [0, 0.1) is 5.82 Å². The highest BCUT2D eigenvalue weighted by molar-refractivity contribution is 9.09. The van der Waals surface area contributed by atoms with Gasteiger partial charge in [0.2, 0.25) is 0 Å². The van der Waals surface area contributed by atoms with Gasteiger partial charge in [0.15, 0.2) is 0 Å². The minimum Gasteiger partial charge on any atom is -0.492 e. The Morgan fingerprint density at radius 3 is 2.16 bits per heavy atom. The van der Waals surface area contributed by atoms with Crippen LogP contribution in [0.3, 0.4) is 0 Å². The number of alkyl halides is 7. The SMILES string of the molecule is Fc1ccc(OCC(Br)C(F)(F)F)cc1C(F)(F)F. The van der Waals surface area contributed by atoms with Crippen LogP contribution in [0.1, 0.15) is 5.56 Å². The van der Waals surface area contributed by atoms with Crippen LogP contribution in [0.2, 0.25) is 0 Å². The summed E-state index contributed by atoms with van der Waals surface area (Å²) in [6.07, 6.45) is -9.53. The molecular weight excluding hydrogens is 349 g/mol. The van der Waals surface area contributed by atoms with E-state index in [9.17, 15) is 30.7 Å². The van der Waals surface area contributed by atoms with Gasteiger partial charge in [0.25, 0.3) is 0 Å². The largest absolute Gasteiger partial charge is 0.492 e. The summed E-state index contributed by atoms with van der Waals surface area (Å²) in [5.74, 6) is -2.02. The van der Waals surface area contributed by atoms with Gasteiger partial charge in [-0.1, -0.05) is 15.9 Å². The van der Waals surface area contributed by atoms with Gasteiger partial charge in [-0.25, -0.2) is 4.39 Å². The molecule has 0 aliphatic heterocycles. The van der Waals surface area contributed by atoms with E-state index < -0.39 is 40.9 Å². The first-order valence-electron chi connectivity index (χ1n) is 4.72. The van der Waals surface area contributed by atoms with Crippen molar-refractivity contribution in [2.75, 3.05) is 6.61 Å². The first-order chi connectivity index (χ1) is 8.51. The van der Waals surface area contributed by atoms with Crippen LogP contribution < -0.4 is 4.74 Å². The minimum atomic E-state index is -4.94. The van der Waals surface area contributed by atoms with E-state index in [1.54, 1.807) is 0 Å². The maximum absolute atomic E-state index is 12.9. The third kappa shape index (κ3) is 4.55. The molecule has 1 rings (SSSR count). The molecule has 9 heteroatoms. The lowest BCUT2D eigenvalue weighted by Gasteiger charge is -2.16. The van der Waals surface area contributed by atoms with Crippen LogP contribution in [-0.2, 0) is 6.18 Å². The molecule has 0 aliphatic rings. The van der Waals surface area contributed by atoms with Crippen LogP contribution in [0.5, 0.6) is 5.75 Å². The average molecular weight is 355 g/mol. The van der Waals surface area contributed by atoms with Crippen LogP contribution in [0.4, 0.5) is 30.7 Å². The summed E-state index contributed by atoms with van der Waals surface area (Å²) in [4.78, 5) is -2.03. The molecule has 0 spiro atoms. The average Bonchev–Trinajstić information content (AvgIpc) is 2.24. The standard InChI is InChI=1S/C10H6BrF7O/c11-8(10(16,17)18)4-19-5-1-2-7(12)6(3-5)9(13,14)15/h1-3,8H,4H2. The third-order valence-corrected chi connectivity index (χ3v) is 2.78. The molecule has 0 aliphatic carbocycles. The summed E-state index contributed by atoms with van der Waals surface area (Å²) in [5, 5.41) is 0. The van der Waals surface area contributed by atoms with Gasteiger partial charge in [-0.15, -0.1) is 0 Å². The fourth-order valence-corrected chi connectivity index (χ4v) is 1.21. The van der Waals surface area contributed by atoms with Crippen molar-refractivity contribution in [3.63, 3.8) is 0 Å². The molecular formula is C10H6BrF7O. The van der Waals surface area contributed by atoms with Crippen LogP contribution in [0.25, 0.3) is 0 Å². The fourth-order valence-electron chi connectivity index (χ4n) is 1.08. The molecule has 1 aromatic carbocycles. The van der Waals surface area contributed by atoms with E-state index in [2.05, 4.69) is 20.7 Å². The molecule has 0 fully saturated rings. The lowest BCUT2D eigenvalue weighted by Crippen LogP contribution is -2.28. The molecule has 1 atom stereocenters. The summed E-state index contributed by atoms with van der Waals surface area (Å²) in [6.45, 7) is -0.924. The number of ether oxygens (including phenoxy) is 1. The fraction of sp³-hybridized carbons (Fsp3) is 0.400. The van der Waals surface area contributed by atoms with Crippen molar-refractivity contribution in [2.45, 2.75) is 17.2 Å². The maximum atomic E-state index is 12.9. The van der Waals surface area contributed by atoms with Crippen molar-refractivity contribution >= 4 is 15.9 Å². The van der Waals surface area contributed by atoms with Crippen molar-refractivity contribution in [1.29, 1.82) is 0 Å². The van der Waals surface area contributed by atoms with E-state index in [4.69, 9.17) is 0 Å². The van der Waals surface area contributed by atoms with Gasteiger partial charge >= 0.3 is 12.4 Å². The predicted octanol–water partition coefficient (Wildman–Crippen LogP) is 4.55. The topological polar surface area (TPSA) is 9.23 Å². The second kappa shape index (κ2) is 5.56. The molecule has 19 heavy (non-hydrogen) atoms.